The quantitative estimate of drug-likeness (QED) is 0.638. The van der Waals surface area contributed by atoms with Crippen molar-refractivity contribution in [3.8, 4) is 0 Å². The van der Waals surface area contributed by atoms with E-state index in [0.717, 1.165) is 0 Å². The van der Waals surface area contributed by atoms with Crippen LogP contribution in [0.2, 0.25) is 10.0 Å². The summed E-state index contributed by atoms with van der Waals surface area (Å²) in [5.74, 6) is 0. The van der Waals surface area contributed by atoms with Crippen LogP contribution in [-0.4, -0.2) is 13.3 Å². The zero-order chi connectivity index (χ0) is 17.2. The highest BCUT2D eigenvalue weighted by molar-refractivity contribution is 7.89. The van der Waals surface area contributed by atoms with Gasteiger partial charge in [0.05, 0.1) is 9.82 Å². The van der Waals surface area contributed by atoms with Crippen LogP contribution in [0.15, 0.2) is 41.3 Å². The van der Waals surface area contributed by atoms with Gasteiger partial charge in [-0.3, -0.25) is 10.1 Å². The first-order valence-corrected chi connectivity index (χ1v) is 8.64. The van der Waals surface area contributed by atoms with Gasteiger partial charge in [0.15, 0.2) is 0 Å². The van der Waals surface area contributed by atoms with Crippen LogP contribution in [0.4, 0.5) is 5.69 Å². The van der Waals surface area contributed by atoms with Gasteiger partial charge in [-0.1, -0.05) is 35.3 Å². The lowest BCUT2D eigenvalue weighted by Gasteiger charge is -2.10. The number of nitro groups is 1. The predicted molar refractivity (Wildman–Crippen MR) is 88.3 cm³/mol. The van der Waals surface area contributed by atoms with Gasteiger partial charge in [-0.15, -0.1) is 0 Å². The second-order valence-corrected chi connectivity index (χ2v) is 7.30. The summed E-state index contributed by atoms with van der Waals surface area (Å²) in [6.07, 6.45) is 0. The van der Waals surface area contributed by atoms with Crippen molar-refractivity contribution in [1.29, 1.82) is 0 Å². The maximum Gasteiger partial charge on any atom is 0.273 e. The van der Waals surface area contributed by atoms with Gasteiger partial charge in [-0.25, -0.2) is 13.1 Å². The molecule has 0 aliphatic carbocycles. The van der Waals surface area contributed by atoms with Gasteiger partial charge in [-0.05, 0) is 30.7 Å². The molecule has 0 fully saturated rings. The highest BCUT2D eigenvalue weighted by atomic mass is 35.5. The van der Waals surface area contributed by atoms with Gasteiger partial charge in [0.2, 0.25) is 10.0 Å². The van der Waals surface area contributed by atoms with Crippen LogP contribution in [0.5, 0.6) is 0 Å². The number of sulfonamides is 1. The smallest absolute Gasteiger partial charge is 0.258 e. The van der Waals surface area contributed by atoms with E-state index >= 15 is 0 Å². The third-order valence-electron chi connectivity index (χ3n) is 3.21. The summed E-state index contributed by atoms with van der Waals surface area (Å²) in [7, 11) is -3.92. The van der Waals surface area contributed by atoms with E-state index in [9.17, 15) is 18.5 Å². The highest BCUT2D eigenvalue weighted by Gasteiger charge is 2.22. The Morgan fingerprint density at radius 3 is 2.52 bits per heavy atom. The van der Waals surface area contributed by atoms with Gasteiger partial charge >= 0.3 is 0 Å². The fourth-order valence-corrected chi connectivity index (χ4v) is 3.75. The Bertz CT molecular complexity index is 869. The Kier molecular flexibility index (Phi) is 5.26. The monoisotopic (exact) mass is 374 g/mol. The van der Waals surface area contributed by atoms with Crippen LogP contribution >= 0.6 is 23.2 Å². The summed E-state index contributed by atoms with van der Waals surface area (Å²) in [5.41, 5.74) is 0.368. The minimum absolute atomic E-state index is 0.0551. The molecule has 23 heavy (non-hydrogen) atoms. The minimum atomic E-state index is -3.92. The number of nitrogens with zero attached hydrogens (tertiary/aromatic N) is 1. The first-order valence-electron chi connectivity index (χ1n) is 6.40. The topological polar surface area (TPSA) is 89.3 Å². The molecule has 0 aromatic heterocycles. The van der Waals surface area contributed by atoms with Gasteiger partial charge in [0, 0.05) is 28.2 Å². The van der Waals surface area contributed by atoms with Crippen molar-refractivity contribution in [2.24, 2.45) is 0 Å². The molecule has 1 N–H and O–H groups in total. The molecule has 0 radical (unpaired) electrons. The zero-order valence-corrected chi connectivity index (χ0v) is 14.2. The van der Waals surface area contributed by atoms with Gasteiger partial charge in [0.1, 0.15) is 0 Å². The average molecular weight is 375 g/mol. The van der Waals surface area contributed by atoms with Crippen LogP contribution in [0.25, 0.3) is 0 Å². The third kappa shape index (κ3) is 4.00. The molecule has 0 saturated carbocycles. The number of nitro benzene ring substituents is 1. The molecule has 0 saturated heterocycles. The van der Waals surface area contributed by atoms with Gasteiger partial charge < -0.3 is 0 Å². The highest BCUT2D eigenvalue weighted by Crippen LogP contribution is 2.25. The largest absolute Gasteiger partial charge is 0.273 e. The number of rotatable bonds is 5. The summed E-state index contributed by atoms with van der Waals surface area (Å²) in [6, 6.07) is 8.60. The number of hydrogen-bond donors (Lipinski definition) is 1. The van der Waals surface area contributed by atoms with E-state index in [4.69, 9.17) is 23.2 Å². The summed E-state index contributed by atoms with van der Waals surface area (Å²) in [5, 5.41) is 11.7. The average Bonchev–Trinajstić information content (AvgIpc) is 2.46. The maximum absolute atomic E-state index is 12.4. The summed E-state index contributed by atoms with van der Waals surface area (Å²) in [4.78, 5) is 10.2. The van der Waals surface area contributed by atoms with E-state index in [1.54, 1.807) is 12.1 Å². The lowest BCUT2D eigenvalue weighted by Crippen LogP contribution is -2.24. The van der Waals surface area contributed by atoms with E-state index < -0.39 is 14.9 Å². The molecule has 0 heterocycles. The van der Waals surface area contributed by atoms with Crippen molar-refractivity contribution in [2.75, 3.05) is 0 Å². The predicted octanol–water partition coefficient (Wildman–Crippen LogP) is 3.69. The van der Waals surface area contributed by atoms with Gasteiger partial charge in [0.25, 0.3) is 5.69 Å². The molecule has 2 aromatic carbocycles. The number of nitrogens with one attached hydrogen (secondary N) is 1. The molecule has 0 atom stereocenters. The van der Waals surface area contributed by atoms with Crippen LogP contribution in [0.3, 0.4) is 0 Å². The van der Waals surface area contributed by atoms with Gasteiger partial charge in [-0.2, -0.15) is 0 Å². The first-order chi connectivity index (χ1) is 10.7. The molecule has 0 aliphatic rings. The SMILES string of the molecule is Cc1c([N+](=O)[O-])cccc1S(=O)(=O)NCc1ccc(Cl)cc1Cl. The Balaban J connectivity index is 2.29. The summed E-state index contributed by atoms with van der Waals surface area (Å²) >= 11 is 11.8. The molecule has 0 aliphatic heterocycles. The summed E-state index contributed by atoms with van der Waals surface area (Å²) in [6.45, 7) is 1.34. The molecule has 0 spiro atoms. The lowest BCUT2D eigenvalue weighted by atomic mass is 10.2. The minimum Gasteiger partial charge on any atom is -0.258 e. The van der Waals surface area contributed by atoms with Crippen molar-refractivity contribution in [3.63, 3.8) is 0 Å². The molecular weight excluding hydrogens is 363 g/mol. The second-order valence-electron chi connectivity index (χ2n) is 4.72. The molecule has 2 rings (SSSR count). The molecule has 0 bridgehead atoms. The molecule has 9 heteroatoms. The van der Waals surface area contributed by atoms with Crippen molar-refractivity contribution >= 4 is 38.9 Å². The maximum atomic E-state index is 12.4. The Morgan fingerprint density at radius 2 is 1.91 bits per heavy atom. The molecule has 6 nitrogen and oxygen atoms in total. The van der Waals surface area contributed by atoms with Crippen molar-refractivity contribution in [1.82, 2.24) is 4.72 Å². The van der Waals surface area contributed by atoms with Crippen molar-refractivity contribution < 1.29 is 13.3 Å². The van der Waals surface area contributed by atoms with E-state index in [0.29, 0.717) is 15.6 Å². The number of hydrogen-bond acceptors (Lipinski definition) is 4. The second kappa shape index (κ2) is 6.84. The molecule has 2 aromatic rings. The third-order valence-corrected chi connectivity index (χ3v) is 5.34. The van der Waals surface area contributed by atoms with E-state index in [1.165, 1.54) is 31.2 Å². The number of halogens is 2. The molecule has 122 valence electrons. The van der Waals surface area contributed by atoms with Crippen LogP contribution < -0.4 is 4.72 Å². The Labute approximate surface area is 143 Å². The van der Waals surface area contributed by atoms with Crippen LogP contribution in [-0.2, 0) is 16.6 Å². The van der Waals surface area contributed by atoms with Crippen molar-refractivity contribution in [2.45, 2.75) is 18.4 Å². The van der Waals surface area contributed by atoms with Crippen LogP contribution in [0.1, 0.15) is 11.1 Å². The van der Waals surface area contributed by atoms with E-state index in [2.05, 4.69) is 4.72 Å². The van der Waals surface area contributed by atoms with Crippen molar-refractivity contribution in [3.05, 3.63) is 67.7 Å². The first kappa shape index (κ1) is 17.7. The number of benzene rings is 2. The summed E-state index contributed by atoms with van der Waals surface area (Å²) < 4.78 is 27.1. The van der Waals surface area contributed by atoms with E-state index in [1.807, 2.05) is 0 Å². The molecule has 0 unspecified atom stereocenters. The normalized spacial score (nSPS) is 11.4. The fraction of sp³-hybridized carbons (Fsp3) is 0.143. The fourth-order valence-electron chi connectivity index (χ4n) is 2.01. The zero-order valence-electron chi connectivity index (χ0n) is 11.9. The molecular formula is C14H12Cl2N2O4S. The standard InChI is InChI=1S/C14H12Cl2N2O4S/c1-9-13(18(19)20)3-2-4-14(9)23(21,22)17-8-10-5-6-11(15)7-12(10)16/h2-7,17H,8H2,1H3. The van der Waals surface area contributed by atoms with Crippen LogP contribution in [0, 0.1) is 17.0 Å². The Hall–Kier alpha value is -1.67. The lowest BCUT2D eigenvalue weighted by molar-refractivity contribution is -0.385. The Morgan fingerprint density at radius 1 is 1.22 bits per heavy atom. The molecule has 0 amide bonds. The van der Waals surface area contributed by atoms with E-state index in [-0.39, 0.29) is 22.7 Å².